The number of thiazole rings is 1. The second-order valence-corrected chi connectivity index (χ2v) is 22.5. The quantitative estimate of drug-likeness (QED) is 0.0974. The largest absolute Gasteiger partial charge is 0.467 e. The van der Waals surface area contributed by atoms with Crippen LogP contribution in [0.3, 0.4) is 0 Å². The van der Waals surface area contributed by atoms with E-state index in [1.54, 1.807) is 39.8 Å². The van der Waals surface area contributed by atoms with Gasteiger partial charge in [-0.05, 0) is 68.9 Å². The summed E-state index contributed by atoms with van der Waals surface area (Å²) < 4.78 is 7.94. The molecule has 73 heavy (non-hydrogen) atoms. The number of hydrogen-bond acceptors (Lipinski definition) is 15. The third-order valence-electron chi connectivity index (χ3n) is 13.8. The molecule has 3 N–H and O–H groups in total. The molecule has 5 atom stereocenters. The standard InChI is InChI=1S/C53H61ClN12O5S2/c1-29-33(5)73-51-45(29)46(36-14-16-38(54)17-15-36)58-40(49-62-61-34(6)66(49)51)25-44(69)63-20-22-64(23-21-63)52-55-19-18-43(60-52)71-27-42(68)59-48(53(7,8)9)50(70)65-26-39(67)24-41(65)31(3)57-30(2)35-10-12-37(13-11-35)47-32(4)56-28-72-47/h10-19,28,30,39-41,48,57,67H,3,20-27H2,1-2,4-9H3,(H,59,68)/t30-,39+,40-,41-,48+/m0/s1. The lowest BCUT2D eigenvalue weighted by Crippen LogP contribution is -2.57. The van der Waals surface area contributed by atoms with E-state index in [4.69, 9.17) is 21.3 Å². The Kier molecular flexibility index (Phi) is 14.9. The number of carbonyl (C=O) groups is 3. The second-order valence-electron chi connectivity index (χ2n) is 20.0. The Morgan fingerprint density at radius 2 is 1.66 bits per heavy atom. The number of amides is 3. The van der Waals surface area contributed by atoms with Crippen molar-refractivity contribution in [2.45, 2.75) is 98.5 Å². The molecule has 7 heterocycles. The van der Waals surface area contributed by atoms with Crippen molar-refractivity contribution >= 4 is 63.7 Å². The van der Waals surface area contributed by atoms with Crippen LogP contribution in [0.4, 0.5) is 5.95 Å². The number of aromatic nitrogens is 6. The van der Waals surface area contributed by atoms with Crippen molar-refractivity contribution < 1.29 is 24.2 Å². The Morgan fingerprint density at radius 3 is 2.34 bits per heavy atom. The minimum absolute atomic E-state index is 0.0573. The number of rotatable bonds is 14. The number of thiophene rings is 1. The number of aliphatic hydroxyl groups excluding tert-OH is 1. The van der Waals surface area contributed by atoms with Crippen molar-refractivity contribution in [3.63, 3.8) is 0 Å². The van der Waals surface area contributed by atoms with E-state index in [2.05, 4.69) is 80.5 Å². The topological polar surface area (TPSA) is 196 Å². The third kappa shape index (κ3) is 10.9. The lowest BCUT2D eigenvalue weighted by Gasteiger charge is -2.36. The fourth-order valence-electron chi connectivity index (χ4n) is 9.65. The van der Waals surface area contributed by atoms with Crippen LogP contribution in [0.5, 0.6) is 5.88 Å². The fourth-order valence-corrected chi connectivity index (χ4v) is 11.8. The fraction of sp³-hybridized carbons (Fsp3) is 0.415. The average Bonchev–Trinajstić information content (AvgIpc) is 4.14. The predicted molar refractivity (Wildman–Crippen MR) is 285 cm³/mol. The number of ether oxygens (including phenoxy) is 1. The van der Waals surface area contributed by atoms with Crippen LogP contribution in [-0.2, 0) is 14.4 Å². The van der Waals surface area contributed by atoms with Crippen molar-refractivity contribution in [2.24, 2.45) is 10.4 Å². The minimum Gasteiger partial charge on any atom is -0.467 e. The van der Waals surface area contributed by atoms with Gasteiger partial charge >= 0.3 is 0 Å². The summed E-state index contributed by atoms with van der Waals surface area (Å²) in [5.74, 6) is 1.05. The van der Waals surface area contributed by atoms with Gasteiger partial charge in [0.25, 0.3) is 5.91 Å². The molecule has 0 bridgehead atoms. The zero-order chi connectivity index (χ0) is 51.9. The summed E-state index contributed by atoms with van der Waals surface area (Å²) in [6.07, 6.45) is 1.22. The first-order chi connectivity index (χ1) is 34.8. The maximum atomic E-state index is 14.4. The summed E-state index contributed by atoms with van der Waals surface area (Å²) in [7, 11) is 0. The molecule has 20 heteroatoms. The monoisotopic (exact) mass is 1040 g/mol. The minimum atomic E-state index is -0.936. The van der Waals surface area contributed by atoms with Gasteiger partial charge < -0.3 is 35.2 Å². The lowest BCUT2D eigenvalue weighted by atomic mass is 9.85. The molecule has 0 aliphatic carbocycles. The van der Waals surface area contributed by atoms with Gasteiger partial charge in [-0.15, -0.1) is 32.9 Å². The molecule has 3 aliphatic rings. The van der Waals surface area contributed by atoms with Gasteiger partial charge in [0.2, 0.25) is 23.6 Å². The summed E-state index contributed by atoms with van der Waals surface area (Å²) in [5.41, 5.74) is 8.71. The number of hydrogen-bond donors (Lipinski definition) is 3. The number of halogens is 1. The van der Waals surface area contributed by atoms with Gasteiger partial charge in [0, 0.05) is 84.2 Å². The number of piperazine rings is 1. The first kappa shape index (κ1) is 51.4. The molecule has 382 valence electrons. The highest BCUT2D eigenvalue weighted by Crippen LogP contribution is 2.40. The van der Waals surface area contributed by atoms with Gasteiger partial charge in [-0.2, -0.15) is 4.98 Å². The average molecular weight is 1050 g/mol. The van der Waals surface area contributed by atoms with Crippen LogP contribution in [0.15, 0.2) is 83.6 Å². The van der Waals surface area contributed by atoms with Crippen molar-refractivity contribution in [3.05, 3.63) is 128 Å². The number of benzene rings is 2. The lowest BCUT2D eigenvalue weighted by molar-refractivity contribution is -0.140. The van der Waals surface area contributed by atoms with Crippen LogP contribution in [0, 0.1) is 33.1 Å². The summed E-state index contributed by atoms with van der Waals surface area (Å²) in [4.78, 5) is 68.6. The number of fused-ring (bicyclic) bond motifs is 3. The first-order valence-corrected chi connectivity index (χ1v) is 26.5. The Bertz CT molecular complexity index is 3060. The molecule has 3 aliphatic heterocycles. The normalized spacial score (nSPS) is 18.6. The number of nitrogens with one attached hydrogen (secondary N) is 2. The van der Waals surface area contributed by atoms with Gasteiger partial charge in [-0.1, -0.05) is 75.3 Å². The van der Waals surface area contributed by atoms with E-state index in [1.807, 2.05) is 85.7 Å². The van der Waals surface area contributed by atoms with E-state index in [1.165, 1.54) is 4.88 Å². The van der Waals surface area contributed by atoms with Crippen LogP contribution >= 0.6 is 34.3 Å². The van der Waals surface area contributed by atoms with Crippen LogP contribution in [0.1, 0.15) is 97.1 Å². The zero-order valence-corrected chi connectivity index (χ0v) is 44.7. The molecular formula is C53H61ClN12O5S2. The van der Waals surface area contributed by atoms with E-state index >= 15 is 0 Å². The van der Waals surface area contributed by atoms with Crippen molar-refractivity contribution in [1.29, 1.82) is 0 Å². The maximum Gasteiger partial charge on any atom is 0.258 e. The Balaban J connectivity index is 0.800. The van der Waals surface area contributed by atoms with Crippen molar-refractivity contribution in [2.75, 3.05) is 44.2 Å². The maximum absolute atomic E-state index is 14.4. The number of carbonyl (C=O) groups excluding carboxylic acids is 3. The molecule has 17 nitrogen and oxygen atoms in total. The summed E-state index contributed by atoms with van der Waals surface area (Å²) in [6, 6.07) is 15.3. The highest BCUT2D eigenvalue weighted by atomic mass is 35.5. The van der Waals surface area contributed by atoms with Gasteiger partial charge in [-0.3, -0.25) is 23.9 Å². The number of anilines is 1. The number of aryl methyl sites for hydroxylation is 3. The molecule has 6 aromatic rings. The summed E-state index contributed by atoms with van der Waals surface area (Å²) in [5, 5.41) is 27.9. The summed E-state index contributed by atoms with van der Waals surface area (Å²) in [6.45, 7) is 21.6. The Morgan fingerprint density at radius 1 is 0.945 bits per heavy atom. The number of nitrogens with zero attached hydrogens (tertiary/aromatic N) is 10. The van der Waals surface area contributed by atoms with Gasteiger partial charge in [0.05, 0.1) is 40.4 Å². The van der Waals surface area contributed by atoms with Crippen molar-refractivity contribution in [3.8, 4) is 21.3 Å². The molecule has 9 rings (SSSR count). The number of likely N-dealkylation sites (tertiary alicyclic amines) is 1. The Labute approximate surface area is 438 Å². The highest BCUT2D eigenvalue weighted by Gasteiger charge is 2.43. The van der Waals surface area contributed by atoms with Gasteiger partial charge in [-0.25, -0.2) is 9.97 Å². The van der Waals surface area contributed by atoms with Gasteiger partial charge in [0.15, 0.2) is 12.4 Å². The molecule has 2 aromatic carbocycles. The van der Waals surface area contributed by atoms with Crippen LogP contribution in [0.25, 0.3) is 15.4 Å². The summed E-state index contributed by atoms with van der Waals surface area (Å²) >= 11 is 9.57. The number of aliphatic imine (C=N–C) groups is 1. The Hall–Kier alpha value is -6.54. The van der Waals surface area contributed by atoms with Crippen molar-refractivity contribution in [1.82, 2.24) is 50.1 Å². The van der Waals surface area contributed by atoms with E-state index in [9.17, 15) is 19.5 Å². The van der Waals surface area contributed by atoms with E-state index in [0.717, 1.165) is 54.9 Å². The smallest absolute Gasteiger partial charge is 0.258 e. The van der Waals surface area contributed by atoms with E-state index in [-0.39, 0.29) is 36.7 Å². The SMILES string of the molecule is C=C(N[C@@H](C)c1ccc(-c2scnc2C)cc1)[C@@H]1C[C@@H](O)CN1C(=O)[C@@H](NC(=O)COc1ccnc(N2CCN(C(=O)C[C@@H]3N=C(c4ccc(Cl)cc4)c4c(sc(C)c4C)-n4c(C)nnc43)CC2)n1)C(C)(C)C. The molecule has 4 aromatic heterocycles. The molecule has 2 fully saturated rings. The molecule has 0 saturated carbocycles. The van der Waals surface area contributed by atoms with E-state index < -0.39 is 42.2 Å². The van der Waals surface area contributed by atoms with Crippen LogP contribution in [-0.4, -0.2) is 126 Å². The van der Waals surface area contributed by atoms with Crippen LogP contribution < -0.4 is 20.3 Å². The van der Waals surface area contributed by atoms with Crippen LogP contribution in [0.2, 0.25) is 5.02 Å². The number of aliphatic hydroxyl groups is 1. The molecule has 2 saturated heterocycles. The molecule has 0 unspecified atom stereocenters. The highest BCUT2D eigenvalue weighted by molar-refractivity contribution is 7.15. The molecular weight excluding hydrogens is 984 g/mol. The molecule has 3 amide bonds. The molecule has 0 radical (unpaired) electrons. The zero-order valence-electron chi connectivity index (χ0n) is 42.3. The predicted octanol–water partition coefficient (Wildman–Crippen LogP) is 7.50. The number of β-amino-alcohol motifs (C(OH)–C–C–N with tert-alkyl or cyclic N) is 1. The van der Waals surface area contributed by atoms with Gasteiger partial charge in [0.1, 0.15) is 22.9 Å². The second kappa shape index (κ2) is 21.1. The third-order valence-corrected chi connectivity index (χ3v) is 16.2. The van der Waals surface area contributed by atoms with E-state index in [0.29, 0.717) is 55.1 Å². The first-order valence-electron chi connectivity index (χ1n) is 24.4. The molecule has 0 spiro atoms.